The lowest BCUT2D eigenvalue weighted by Crippen LogP contribution is -2.42. The number of ether oxygens (including phenoxy) is 2. The van der Waals surface area contributed by atoms with Crippen molar-refractivity contribution in [1.29, 1.82) is 0 Å². The summed E-state index contributed by atoms with van der Waals surface area (Å²) in [5, 5.41) is 17.0. The van der Waals surface area contributed by atoms with Crippen LogP contribution in [0.4, 0.5) is 5.82 Å². The number of likely N-dealkylation sites (N-methyl/N-ethyl adjacent to an activating group) is 1. The number of anilines is 1. The Hall–Kier alpha value is -3.32. The fraction of sp³-hybridized carbons (Fsp3) is 0.500. The van der Waals surface area contributed by atoms with E-state index in [9.17, 15) is 9.90 Å². The van der Waals surface area contributed by atoms with Crippen LogP contribution >= 0.6 is 13.5 Å². The number of rotatable bonds is 14. The van der Waals surface area contributed by atoms with E-state index in [0.717, 1.165) is 44.6 Å². The van der Waals surface area contributed by atoms with E-state index in [-0.39, 0.29) is 25.9 Å². The summed E-state index contributed by atoms with van der Waals surface area (Å²) in [6.45, 7) is 3.73. The number of nitrogens with zero attached hydrogens (tertiary/aromatic N) is 4. The van der Waals surface area contributed by atoms with Gasteiger partial charge in [-0.25, -0.2) is 4.98 Å². The van der Waals surface area contributed by atoms with Gasteiger partial charge in [0.15, 0.2) is 12.2 Å². The molecule has 1 amide bonds. The maximum atomic E-state index is 13.0. The number of aromatic nitrogens is 2. The van der Waals surface area contributed by atoms with Crippen LogP contribution in [0.5, 0.6) is 11.6 Å². The van der Waals surface area contributed by atoms with Crippen molar-refractivity contribution < 1.29 is 23.8 Å². The Morgan fingerprint density at radius 2 is 2.07 bits per heavy atom. The Bertz CT molecular complexity index is 1290. The normalized spacial score (nSPS) is 15.7. The molecular formula is C30H42N6O5S. The number of pyridine rings is 1. The van der Waals surface area contributed by atoms with Gasteiger partial charge < -0.3 is 34.5 Å². The smallest absolute Gasteiger partial charge is 0.251 e. The van der Waals surface area contributed by atoms with Gasteiger partial charge in [-0.2, -0.15) is 18.5 Å². The summed E-state index contributed by atoms with van der Waals surface area (Å²) in [6.07, 6.45) is 6.59. The van der Waals surface area contributed by atoms with Crippen molar-refractivity contribution in [3.63, 3.8) is 0 Å². The number of aliphatic hydroxyl groups excluding tert-OH is 1. The van der Waals surface area contributed by atoms with E-state index in [2.05, 4.69) is 37.6 Å². The lowest BCUT2D eigenvalue weighted by Gasteiger charge is -2.30. The topological polar surface area (TPSA) is 125 Å². The van der Waals surface area contributed by atoms with Gasteiger partial charge in [-0.15, -0.1) is 0 Å². The van der Waals surface area contributed by atoms with Gasteiger partial charge in [0, 0.05) is 50.4 Å². The zero-order valence-corrected chi connectivity index (χ0v) is 25.3. The molecule has 42 heavy (non-hydrogen) atoms. The summed E-state index contributed by atoms with van der Waals surface area (Å²) in [5.74, 6) is 2.27. The molecule has 0 bridgehead atoms. The third-order valence-electron chi connectivity index (χ3n) is 7.41. The number of carbonyl (C=O) groups is 1. The van der Waals surface area contributed by atoms with Gasteiger partial charge in [-0.3, -0.25) is 9.69 Å². The number of fused-ring (bicyclic) bond motifs is 1. The number of hydrogen-bond acceptors (Lipinski definition) is 10. The summed E-state index contributed by atoms with van der Waals surface area (Å²) >= 11 is 0. The Kier molecular flexibility index (Phi) is 11.5. The number of aliphatic hydroxyl groups is 1. The Balaban J connectivity index is 0.00000405. The van der Waals surface area contributed by atoms with Gasteiger partial charge in [-0.1, -0.05) is 6.07 Å². The highest BCUT2D eigenvalue weighted by atomic mass is 32.1. The Morgan fingerprint density at radius 3 is 2.81 bits per heavy atom. The highest BCUT2D eigenvalue weighted by Gasteiger charge is 2.22. The van der Waals surface area contributed by atoms with Gasteiger partial charge in [0.2, 0.25) is 5.88 Å². The van der Waals surface area contributed by atoms with Crippen molar-refractivity contribution in [3.8, 4) is 11.6 Å². The van der Waals surface area contributed by atoms with Crippen molar-refractivity contribution in [1.82, 2.24) is 25.1 Å². The number of hydrogen-bond donors (Lipinski definition) is 3. The van der Waals surface area contributed by atoms with E-state index >= 15 is 0 Å². The molecule has 228 valence electrons. The molecule has 2 aliphatic rings. The molecule has 1 aromatic carbocycles. The van der Waals surface area contributed by atoms with Gasteiger partial charge in [-0.05, 0) is 69.1 Å². The summed E-state index contributed by atoms with van der Waals surface area (Å²) in [6, 6.07) is 9.89. The van der Waals surface area contributed by atoms with Crippen LogP contribution in [0.25, 0.3) is 0 Å². The average molecular weight is 599 g/mol. The summed E-state index contributed by atoms with van der Waals surface area (Å²) in [5.41, 5.74) is 2.92. The molecule has 3 N–H and O–H groups in total. The third-order valence-corrected chi connectivity index (χ3v) is 7.41. The second-order valence-electron chi connectivity index (χ2n) is 11.0. The van der Waals surface area contributed by atoms with Crippen LogP contribution in [0.2, 0.25) is 0 Å². The first-order chi connectivity index (χ1) is 19.9. The van der Waals surface area contributed by atoms with Crippen LogP contribution in [0.3, 0.4) is 0 Å². The first-order valence-corrected chi connectivity index (χ1v) is 14.3. The number of carbonyl (C=O) groups excluding carboxylic acids is 1. The predicted molar refractivity (Wildman–Crippen MR) is 165 cm³/mol. The number of benzene rings is 1. The molecule has 0 spiro atoms. The second-order valence-corrected chi connectivity index (χ2v) is 11.0. The molecule has 3 aromatic rings. The molecule has 2 aromatic heterocycles. The second kappa shape index (κ2) is 15.2. The van der Waals surface area contributed by atoms with E-state index < -0.39 is 6.10 Å². The lowest BCUT2D eigenvalue weighted by atomic mass is 9.93. The minimum atomic E-state index is -0.699. The first-order valence-electron chi connectivity index (χ1n) is 14.3. The minimum Gasteiger partial charge on any atom is -0.486 e. The van der Waals surface area contributed by atoms with Crippen LogP contribution in [-0.4, -0.2) is 89.8 Å². The minimum absolute atomic E-state index is 0. The summed E-state index contributed by atoms with van der Waals surface area (Å²) in [4.78, 5) is 25.7. The quantitative estimate of drug-likeness (QED) is 0.255. The monoisotopic (exact) mass is 598 g/mol. The fourth-order valence-corrected chi connectivity index (χ4v) is 4.86. The molecule has 3 heterocycles. The standard InChI is InChI=1S/C30H40N6O5.H2S/c1-35(2)10-11-39-29-14-23(13-28(34-29)33-24-4-3-5-24)30(38)32-15-25(37)18-36-9-8-21-12-26(7-6-22(21)17-36)40-19-27-16-31-20-41-27;/h6-7,12-14,16,20,24-25,37H,3-5,8-11,15,17-19H2,1-2H3,(H,32,38)(H,33,34);1H2/t25-;/m0./s1. The molecule has 0 radical (unpaired) electrons. The van der Waals surface area contributed by atoms with Crippen LogP contribution < -0.4 is 20.1 Å². The first kappa shape index (κ1) is 31.6. The summed E-state index contributed by atoms with van der Waals surface area (Å²) < 4.78 is 16.9. The zero-order chi connectivity index (χ0) is 28.6. The summed E-state index contributed by atoms with van der Waals surface area (Å²) in [7, 11) is 3.96. The molecule has 11 nitrogen and oxygen atoms in total. The SMILES string of the molecule is CN(C)CCOc1cc(C(=O)NC[C@H](O)CN2CCc3cc(OCc4cnco4)ccc3C2)cc(NC2CCC2)n1.S. The highest BCUT2D eigenvalue weighted by Crippen LogP contribution is 2.26. The number of oxazole rings is 1. The molecular weight excluding hydrogens is 556 g/mol. The van der Waals surface area contributed by atoms with Crippen LogP contribution in [0.15, 0.2) is 47.3 Å². The molecule has 12 heteroatoms. The molecule has 5 rings (SSSR count). The highest BCUT2D eigenvalue weighted by molar-refractivity contribution is 7.59. The van der Waals surface area contributed by atoms with Gasteiger partial charge in [0.1, 0.15) is 24.8 Å². The van der Waals surface area contributed by atoms with E-state index in [1.807, 2.05) is 25.1 Å². The van der Waals surface area contributed by atoms with E-state index in [0.29, 0.717) is 48.8 Å². The third kappa shape index (κ3) is 9.09. The van der Waals surface area contributed by atoms with Crippen molar-refractivity contribution in [2.45, 2.75) is 51.0 Å². The largest absolute Gasteiger partial charge is 0.486 e. The molecule has 1 aliphatic heterocycles. The van der Waals surface area contributed by atoms with Crippen molar-refractivity contribution in [2.24, 2.45) is 0 Å². The molecule has 0 saturated heterocycles. The fourth-order valence-electron chi connectivity index (χ4n) is 4.86. The zero-order valence-electron chi connectivity index (χ0n) is 24.3. The predicted octanol–water partition coefficient (Wildman–Crippen LogP) is 2.82. The van der Waals surface area contributed by atoms with Crippen LogP contribution in [0.1, 0.15) is 46.5 Å². The van der Waals surface area contributed by atoms with Crippen molar-refractivity contribution >= 4 is 25.2 Å². The Morgan fingerprint density at radius 1 is 1.21 bits per heavy atom. The molecule has 1 aliphatic carbocycles. The number of β-amino-alcohol motifs (C(OH)–C–C–N with tert-alkyl or cyclic N) is 1. The number of amides is 1. The number of nitrogens with one attached hydrogen (secondary N) is 2. The van der Waals surface area contributed by atoms with Crippen LogP contribution in [-0.2, 0) is 19.6 Å². The van der Waals surface area contributed by atoms with E-state index in [4.69, 9.17) is 13.9 Å². The van der Waals surface area contributed by atoms with Gasteiger partial charge >= 0.3 is 0 Å². The average Bonchev–Trinajstić information content (AvgIpc) is 3.46. The molecule has 1 atom stereocenters. The Labute approximate surface area is 254 Å². The van der Waals surface area contributed by atoms with Crippen molar-refractivity contribution in [2.75, 3.05) is 52.2 Å². The lowest BCUT2D eigenvalue weighted by molar-refractivity contribution is 0.0841. The van der Waals surface area contributed by atoms with E-state index in [1.165, 1.54) is 23.9 Å². The van der Waals surface area contributed by atoms with E-state index in [1.54, 1.807) is 18.3 Å². The van der Waals surface area contributed by atoms with Crippen LogP contribution in [0, 0.1) is 0 Å². The van der Waals surface area contributed by atoms with Crippen molar-refractivity contribution in [3.05, 3.63) is 65.4 Å². The maximum Gasteiger partial charge on any atom is 0.251 e. The maximum absolute atomic E-state index is 13.0. The molecule has 0 unspecified atom stereocenters. The molecule has 1 fully saturated rings. The molecule has 1 saturated carbocycles. The van der Waals surface area contributed by atoms with Gasteiger partial charge in [0.05, 0.1) is 12.3 Å². The van der Waals surface area contributed by atoms with Gasteiger partial charge in [0.25, 0.3) is 5.91 Å².